The molecule has 1 aliphatic rings. The Bertz CT molecular complexity index is 1440. The van der Waals surface area contributed by atoms with Crippen LogP contribution in [0.25, 0.3) is 0 Å². The molecule has 1 N–H and O–H groups in total. The minimum atomic E-state index is -2.96. The van der Waals surface area contributed by atoms with Crippen LogP contribution in [0.15, 0.2) is 134 Å². The topological polar surface area (TPSA) is 66.8 Å². The monoisotopic (exact) mass is 563 g/mol. The van der Waals surface area contributed by atoms with E-state index in [1.54, 1.807) is 11.0 Å². The number of esters is 1. The molecule has 6 heteroatoms. The maximum Gasteiger partial charge on any atom is 0.356 e. The predicted molar refractivity (Wildman–Crippen MR) is 167 cm³/mol. The van der Waals surface area contributed by atoms with Crippen molar-refractivity contribution in [3.63, 3.8) is 0 Å². The van der Waals surface area contributed by atoms with Crippen LogP contribution in [0.4, 0.5) is 0 Å². The molecule has 0 bridgehead atoms. The van der Waals surface area contributed by atoms with E-state index in [0.29, 0.717) is 18.3 Å². The van der Waals surface area contributed by atoms with Gasteiger partial charge in [-0.05, 0) is 34.3 Å². The number of hydrogen-bond acceptors (Lipinski definition) is 4. The average molecular weight is 564 g/mol. The number of carbonyl (C=O) groups excluding carboxylic acids is 2. The SMILES string of the molecule is C=CCC1C(CCO)C(=O)N1C(C(=O)OCc1ccccc1)=P(c1ccccc1)(c1ccccc1)c1ccccc1. The number of hydrogen-bond donors (Lipinski definition) is 1. The maximum absolute atomic E-state index is 14.6. The van der Waals surface area contributed by atoms with Gasteiger partial charge in [-0.3, -0.25) is 4.79 Å². The Balaban J connectivity index is 1.86. The number of ether oxygens (including phenoxy) is 1. The lowest BCUT2D eigenvalue weighted by Crippen LogP contribution is -2.65. The van der Waals surface area contributed by atoms with Gasteiger partial charge in [0.15, 0.2) is 0 Å². The van der Waals surface area contributed by atoms with E-state index in [4.69, 9.17) is 4.74 Å². The molecule has 5 rings (SSSR count). The summed E-state index contributed by atoms with van der Waals surface area (Å²) in [5.41, 5.74) is 1.21. The highest BCUT2D eigenvalue weighted by Crippen LogP contribution is 2.50. The van der Waals surface area contributed by atoms with E-state index in [2.05, 4.69) is 6.58 Å². The zero-order valence-corrected chi connectivity index (χ0v) is 23.8. The number of nitrogens with zero attached hydrogens (tertiary/aromatic N) is 1. The third-order valence-corrected chi connectivity index (χ3v) is 11.8. The summed E-state index contributed by atoms with van der Waals surface area (Å²) in [5, 5.41) is 12.6. The van der Waals surface area contributed by atoms with Crippen LogP contribution in [0.2, 0.25) is 0 Å². The lowest BCUT2D eigenvalue weighted by molar-refractivity contribution is -0.152. The molecule has 208 valence electrons. The highest BCUT2D eigenvalue weighted by molar-refractivity contribution is 7.96. The summed E-state index contributed by atoms with van der Waals surface area (Å²) in [4.78, 5) is 30.2. The van der Waals surface area contributed by atoms with Gasteiger partial charge in [0, 0.05) is 13.5 Å². The number of likely N-dealkylation sites (tertiary alicyclic amines) is 1. The molecule has 1 fully saturated rings. The molecular formula is C35H34NO4P. The molecule has 1 amide bonds. The van der Waals surface area contributed by atoms with Gasteiger partial charge in [-0.15, -0.1) is 6.58 Å². The first-order valence-corrected chi connectivity index (χ1v) is 15.6. The fourth-order valence-corrected chi connectivity index (χ4v) is 10.1. The first-order chi connectivity index (χ1) is 20.1. The Kier molecular flexibility index (Phi) is 8.98. The molecule has 4 aromatic carbocycles. The van der Waals surface area contributed by atoms with Gasteiger partial charge < -0.3 is 14.7 Å². The fourth-order valence-electron chi connectivity index (χ4n) is 5.71. The van der Waals surface area contributed by atoms with Crippen molar-refractivity contribution in [2.75, 3.05) is 6.61 Å². The van der Waals surface area contributed by atoms with Gasteiger partial charge in [0.2, 0.25) is 5.91 Å². The van der Waals surface area contributed by atoms with Gasteiger partial charge in [-0.1, -0.05) is 127 Å². The standard InChI is InChI=1S/C35H34NO4P/c1-2-15-32-31(24-25-37)33(38)36(32)34(35(39)40-26-27-16-7-3-8-17-27)41(28-18-9-4-10-19-28,29-20-11-5-12-21-29)30-22-13-6-14-23-30/h2-14,16-23,31-32,37H,1,15,24-26H2. The summed E-state index contributed by atoms with van der Waals surface area (Å²) < 4.78 is 6.07. The summed E-state index contributed by atoms with van der Waals surface area (Å²) in [6.07, 6.45) is 2.59. The average Bonchev–Trinajstić information content (AvgIpc) is 3.04. The zero-order valence-electron chi connectivity index (χ0n) is 22.9. The molecule has 41 heavy (non-hydrogen) atoms. The third kappa shape index (κ3) is 5.44. The Hall–Kier alpha value is -4.18. The second-order valence-corrected chi connectivity index (χ2v) is 13.3. The Morgan fingerprint density at radius 2 is 1.27 bits per heavy atom. The van der Waals surface area contributed by atoms with Gasteiger partial charge in [0.05, 0.1) is 12.0 Å². The molecule has 0 aromatic heterocycles. The summed E-state index contributed by atoms with van der Waals surface area (Å²) in [7, 11) is 0. The number of aliphatic hydroxyl groups excluding tert-OH is 1. The number of β-lactam (4-membered cyclic amide) rings is 1. The third-order valence-electron chi connectivity index (χ3n) is 7.57. The summed E-state index contributed by atoms with van der Waals surface area (Å²) in [6, 6.07) is 39.1. The van der Waals surface area contributed by atoms with Crippen LogP contribution < -0.4 is 15.9 Å². The van der Waals surface area contributed by atoms with Crippen LogP contribution in [0.3, 0.4) is 0 Å². The van der Waals surface area contributed by atoms with Crippen LogP contribution in [-0.2, 0) is 20.9 Å². The van der Waals surface area contributed by atoms with E-state index in [1.807, 2.05) is 121 Å². The highest BCUT2D eigenvalue weighted by atomic mass is 31.2. The molecular weight excluding hydrogens is 529 g/mol. The molecule has 1 heterocycles. The molecule has 0 saturated carbocycles. The van der Waals surface area contributed by atoms with Crippen molar-refractivity contribution in [2.45, 2.75) is 25.5 Å². The van der Waals surface area contributed by atoms with E-state index >= 15 is 0 Å². The summed E-state index contributed by atoms with van der Waals surface area (Å²) in [5.74, 6) is -1.10. The van der Waals surface area contributed by atoms with Crippen molar-refractivity contribution in [3.05, 3.63) is 140 Å². The molecule has 4 aromatic rings. The fraction of sp³-hybridized carbons (Fsp3) is 0.171. The molecule has 2 unspecified atom stereocenters. The molecule has 2 atom stereocenters. The predicted octanol–water partition coefficient (Wildman–Crippen LogP) is 4.64. The van der Waals surface area contributed by atoms with Crippen LogP contribution >= 0.6 is 6.89 Å². The Morgan fingerprint density at radius 1 is 0.805 bits per heavy atom. The number of carbonyl (C=O) groups is 2. The van der Waals surface area contributed by atoms with Gasteiger partial charge >= 0.3 is 5.97 Å². The van der Waals surface area contributed by atoms with Crippen molar-refractivity contribution in [3.8, 4) is 0 Å². The molecule has 0 radical (unpaired) electrons. The van der Waals surface area contributed by atoms with Crippen molar-refractivity contribution in [1.29, 1.82) is 0 Å². The maximum atomic E-state index is 14.6. The Labute approximate surface area is 241 Å². The van der Waals surface area contributed by atoms with E-state index in [0.717, 1.165) is 21.5 Å². The first kappa shape index (κ1) is 28.4. The van der Waals surface area contributed by atoms with E-state index in [9.17, 15) is 14.7 Å². The molecule has 5 nitrogen and oxygen atoms in total. The van der Waals surface area contributed by atoms with Crippen LogP contribution in [0.1, 0.15) is 18.4 Å². The lowest BCUT2D eigenvalue weighted by atomic mass is 9.83. The van der Waals surface area contributed by atoms with Gasteiger partial charge in [0.25, 0.3) is 0 Å². The van der Waals surface area contributed by atoms with Crippen molar-refractivity contribution < 1.29 is 19.4 Å². The smallest absolute Gasteiger partial charge is 0.356 e. The normalized spacial score (nSPS) is 16.5. The second-order valence-electron chi connectivity index (χ2n) is 9.98. The largest absolute Gasteiger partial charge is 0.456 e. The molecule has 0 aliphatic carbocycles. The molecule has 0 spiro atoms. The number of aliphatic hydroxyl groups is 1. The van der Waals surface area contributed by atoms with Gasteiger partial charge in [-0.25, -0.2) is 4.79 Å². The summed E-state index contributed by atoms with van der Waals surface area (Å²) >= 11 is 0. The highest BCUT2D eigenvalue weighted by Gasteiger charge is 2.52. The van der Waals surface area contributed by atoms with Gasteiger partial charge in [0.1, 0.15) is 12.0 Å². The molecule has 1 saturated heterocycles. The van der Waals surface area contributed by atoms with Crippen molar-refractivity contribution >= 4 is 40.1 Å². The summed E-state index contributed by atoms with van der Waals surface area (Å²) in [6.45, 7) is 0.951. The Morgan fingerprint density at radius 3 is 1.71 bits per heavy atom. The number of benzene rings is 4. The first-order valence-electron chi connectivity index (χ1n) is 13.8. The second kappa shape index (κ2) is 13.0. The lowest BCUT2D eigenvalue weighted by Gasteiger charge is -2.49. The van der Waals surface area contributed by atoms with Crippen LogP contribution in [-0.4, -0.2) is 39.9 Å². The van der Waals surface area contributed by atoms with Crippen LogP contribution in [0.5, 0.6) is 0 Å². The minimum absolute atomic E-state index is 0.0791. The quantitative estimate of drug-likeness (QED) is 0.125. The number of amides is 1. The van der Waals surface area contributed by atoms with E-state index in [1.165, 1.54) is 0 Å². The van der Waals surface area contributed by atoms with Crippen molar-refractivity contribution in [1.82, 2.24) is 4.90 Å². The van der Waals surface area contributed by atoms with E-state index in [-0.39, 0.29) is 25.2 Å². The van der Waals surface area contributed by atoms with Crippen molar-refractivity contribution in [2.24, 2.45) is 5.92 Å². The zero-order chi connectivity index (χ0) is 28.7. The number of rotatable bonds is 11. The molecule has 1 aliphatic heterocycles. The van der Waals surface area contributed by atoms with Crippen LogP contribution in [0, 0.1) is 5.92 Å². The van der Waals surface area contributed by atoms with E-state index < -0.39 is 18.8 Å². The minimum Gasteiger partial charge on any atom is -0.456 e. The van der Waals surface area contributed by atoms with Gasteiger partial charge in [-0.2, -0.15) is 0 Å².